The van der Waals surface area contributed by atoms with E-state index in [4.69, 9.17) is 9.84 Å². The third-order valence-electron chi connectivity index (χ3n) is 2.54. The van der Waals surface area contributed by atoms with Gasteiger partial charge in [-0.3, -0.25) is 0 Å². The topological polar surface area (TPSA) is 66.8 Å². The molecule has 18 heavy (non-hydrogen) atoms. The molecule has 0 aliphatic carbocycles. The lowest BCUT2D eigenvalue weighted by atomic mass is 9.85. The monoisotopic (exact) mass is 250 g/mol. The molecule has 4 heteroatoms. The van der Waals surface area contributed by atoms with E-state index in [1.54, 1.807) is 12.1 Å². The van der Waals surface area contributed by atoms with Gasteiger partial charge >= 0.3 is 5.97 Å². The van der Waals surface area contributed by atoms with Gasteiger partial charge in [0.2, 0.25) is 0 Å². The molecule has 1 aromatic rings. The molecule has 0 radical (unpaired) electrons. The van der Waals surface area contributed by atoms with Crippen molar-refractivity contribution in [2.45, 2.75) is 26.2 Å². The molecule has 0 atom stereocenters. The number of hydrogen-bond donors (Lipinski definition) is 2. The van der Waals surface area contributed by atoms with Crippen molar-refractivity contribution >= 4 is 12.0 Å². The number of carboxylic acid groups (broad SMARTS) is 1. The quantitative estimate of drug-likeness (QED) is 0.809. The van der Waals surface area contributed by atoms with Crippen molar-refractivity contribution in [1.82, 2.24) is 0 Å². The van der Waals surface area contributed by atoms with Crippen LogP contribution >= 0.6 is 0 Å². The average Bonchev–Trinajstić information content (AvgIpc) is 2.25. The highest BCUT2D eigenvalue weighted by molar-refractivity contribution is 5.85. The number of benzene rings is 1. The van der Waals surface area contributed by atoms with Gasteiger partial charge in [-0.25, -0.2) is 4.79 Å². The first-order valence-electron chi connectivity index (χ1n) is 5.58. The second-order valence-corrected chi connectivity index (χ2v) is 5.04. The van der Waals surface area contributed by atoms with Crippen molar-refractivity contribution in [1.29, 1.82) is 0 Å². The number of rotatable bonds is 3. The number of aliphatic carboxylic acids is 1. The lowest BCUT2D eigenvalue weighted by Gasteiger charge is -2.22. The molecule has 0 spiro atoms. The molecule has 0 saturated carbocycles. The summed E-state index contributed by atoms with van der Waals surface area (Å²) in [6.07, 6.45) is 2.53. The predicted molar refractivity (Wildman–Crippen MR) is 70.0 cm³/mol. The molecule has 0 aliphatic rings. The predicted octanol–water partition coefficient (Wildman–Crippen LogP) is 2.80. The third kappa shape index (κ3) is 3.26. The summed E-state index contributed by atoms with van der Waals surface area (Å²) < 4.78 is 5.10. The molecular weight excluding hydrogens is 232 g/mol. The van der Waals surface area contributed by atoms with Gasteiger partial charge in [-0.1, -0.05) is 20.8 Å². The second-order valence-electron chi connectivity index (χ2n) is 5.04. The van der Waals surface area contributed by atoms with E-state index in [9.17, 15) is 9.90 Å². The molecule has 2 N–H and O–H groups in total. The molecule has 0 amide bonds. The van der Waals surface area contributed by atoms with E-state index in [0.29, 0.717) is 16.9 Å². The molecule has 1 rings (SSSR count). The molecule has 0 aliphatic heterocycles. The molecule has 0 unspecified atom stereocenters. The molecule has 0 bridgehead atoms. The molecule has 0 saturated heterocycles. The summed E-state index contributed by atoms with van der Waals surface area (Å²) in [5, 5.41) is 18.7. The zero-order valence-corrected chi connectivity index (χ0v) is 11.0. The Balaban J connectivity index is 3.35. The van der Waals surface area contributed by atoms with Gasteiger partial charge in [-0.2, -0.15) is 0 Å². The smallest absolute Gasteiger partial charge is 0.328 e. The van der Waals surface area contributed by atoms with Crippen LogP contribution < -0.4 is 4.74 Å². The molecule has 1 aromatic carbocycles. The molecule has 4 nitrogen and oxygen atoms in total. The maximum atomic E-state index is 10.5. The molecule has 0 fully saturated rings. The normalized spacial score (nSPS) is 11.8. The Bertz CT molecular complexity index is 481. The van der Waals surface area contributed by atoms with Gasteiger partial charge in [-0.15, -0.1) is 0 Å². The lowest BCUT2D eigenvalue weighted by molar-refractivity contribution is -0.131. The minimum absolute atomic E-state index is 0.0949. The van der Waals surface area contributed by atoms with E-state index >= 15 is 0 Å². The highest BCUT2D eigenvalue weighted by atomic mass is 16.5. The number of ether oxygens (including phenoxy) is 1. The summed E-state index contributed by atoms with van der Waals surface area (Å²) >= 11 is 0. The number of phenols is 1. The minimum atomic E-state index is -1.01. The fraction of sp³-hybridized carbons (Fsp3) is 0.357. The largest absolute Gasteiger partial charge is 0.504 e. The van der Waals surface area contributed by atoms with Crippen LogP contribution in [-0.4, -0.2) is 23.3 Å². The lowest BCUT2D eigenvalue weighted by Crippen LogP contribution is -2.12. The van der Waals surface area contributed by atoms with Crippen LogP contribution in [0.2, 0.25) is 0 Å². The zero-order chi connectivity index (χ0) is 13.9. The molecular formula is C14H18O4. The number of methoxy groups -OCH3 is 1. The summed E-state index contributed by atoms with van der Waals surface area (Å²) in [4.78, 5) is 10.5. The van der Waals surface area contributed by atoms with Gasteiger partial charge in [0.1, 0.15) is 0 Å². The zero-order valence-electron chi connectivity index (χ0n) is 11.0. The summed E-state index contributed by atoms with van der Waals surface area (Å²) in [5.41, 5.74) is 1.13. The van der Waals surface area contributed by atoms with Crippen LogP contribution in [0.15, 0.2) is 18.2 Å². The number of phenolic OH excluding ortho intramolecular Hbond substituents is 1. The average molecular weight is 250 g/mol. The molecule has 0 aromatic heterocycles. The van der Waals surface area contributed by atoms with Gasteiger partial charge < -0.3 is 14.9 Å². The second kappa shape index (κ2) is 5.12. The van der Waals surface area contributed by atoms with E-state index in [-0.39, 0.29) is 11.2 Å². The summed E-state index contributed by atoms with van der Waals surface area (Å²) in [6.45, 7) is 5.89. The van der Waals surface area contributed by atoms with Crippen LogP contribution in [-0.2, 0) is 10.2 Å². The Labute approximate surface area is 107 Å². The van der Waals surface area contributed by atoms with Crippen molar-refractivity contribution in [3.8, 4) is 11.5 Å². The van der Waals surface area contributed by atoms with Crippen molar-refractivity contribution < 1.29 is 19.7 Å². The Morgan fingerprint density at radius 3 is 2.39 bits per heavy atom. The van der Waals surface area contributed by atoms with Crippen LogP contribution in [0.25, 0.3) is 6.08 Å². The van der Waals surface area contributed by atoms with Crippen LogP contribution in [0.1, 0.15) is 31.9 Å². The summed E-state index contributed by atoms with van der Waals surface area (Å²) in [6, 6.07) is 3.36. The number of hydrogen-bond acceptors (Lipinski definition) is 3. The van der Waals surface area contributed by atoms with E-state index in [0.717, 1.165) is 6.08 Å². The van der Waals surface area contributed by atoms with Crippen molar-refractivity contribution in [2.24, 2.45) is 0 Å². The first kappa shape index (κ1) is 14.1. The first-order valence-corrected chi connectivity index (χ1v) is 5.58. The van der Waals surface area contributed by atoms with Gasteiger partial charge in [0.05, 0.1) is 7.11 Å². The van der Waals surface area contributed by atoms with Gasteiger partial charge in [0.15, 0.2) is 11.5 Å². The fourth-order valence-corrected chi connectivity index (χ4v) is 1.62. The Hall–Kier alpha value is -1.97. The maximum absolute atomic E-state index is 10.5. The van der Waals surface area contributed by atoms with Crippen LogP contribution in [0.3, 0.4) is 0 Å². The van der Waals surface area contributed by atoms with E-state index < -0.39 is 5.97 Å². The summed E-state index contributed by atoms with van der Waals surface area (Å²) in [7, 11) is 1.46. The summed E-state index contributed by atoms with van der Waals surface area (Å²) in [5.74, 6) is -0.579. The Kier molecular flexibility index (Phi) is 4.01. The van der Waals surface area contributed by atoms with Crippen LogP contribution in [0.5, 0.6) is 11.5 Å². The highest BCUT2D eigenvalue weighted by Crippen LogP contribution is 2.38. The van der Waals surface area contributed by atoms with Crippen molar-refractivity contribution in [3.63, 3.8) is 0 Å². The maximum Gasteiger partial charge on any atom is 0.328 e. The first-order chi connectivity index (χ1) is 8.25. The van der Waals surface area contributed by atoms with Crippen molar-refractivity contribution in [3.05, 3.63) is 29.3 Å². The van der Waals surface area contributed by atoms with E-state index in [1.807, 2.05) is 20.8 Å². The van der Waals surface area contributed by atoms with E-state index in [2.05, 4.69) is 0 Å². The van der Waals surface area contributed by atoms with Crippen LogP contribution in [0, 0.1) is 0 Å². The number of carbonyl (C=O) groups is 1. The van der Waals surface area contributed by atoms with Crippen LogP contribution in [0.4, 0.5) is 0 Å². The third-order valence-corrected chi connectivity index (χ3v) is 2.54. The van der Waals surface area contributed by atoms with Crippen molar-refractivity contribution in [2.75, 3.05) is 7.11 Å². The highest BCUT2D eigenvalue weighted by Gasteiger charge is 2.21. The minimum Gasteiger partial charge on any atom is -0.504 e. The SMILES string of the molecule is COc1cc(/C=C/C(=O)O)cc(C(C)(C)C)c1O. The Morgan fingerprint density at radius 1 is 1.33 bits per heavy atom. The fourth-order valence-electron chi connectivity index (χ4n) is 1.62. The van der Waals surface area contributed by atoms with Gasteiger partial charge in [0, 0.05) is 11.6 Å². The van der Waals surface area contributed by atoms with Gasteiger partial charge in [-0.05, 0) is 29.2 Å². The molecule has 98 valence electrons. The number of carboxylic acids is 1. The Morgan fingerprint density at radius 2 is 1.94 bits per heavy atom. The standard InChI is InChI=1S/C14H18O4/c1-14(2,3)10-7-9(5-6-12(15)16)8-11(18-4)13(10)17/h5-8,17H,1-4H3,(H,15,16)/b6-5+. The number of aromatic hydroxyl groups is 1. The van der Waals surface area contributed by atoms with E-state index in [1.165, 1.54) is 13.2 Å². The molecule has 0 heterocycles. The van der Waals surface area contributed by atoms with Gasteiger partial charge in [0.25, 0.3) is 0 Å².